The third kappa shape index (κ3) is 9.42. The Morgan fingerprint density at radius 2 is 1.93 bits per heavy atom. The van der Waals surface area contributed by atoms with Crippen LogP contribution in [0.4, 0.5) is 0 Å². The van der Waals surface area contributed by atoms with E-state index in [2.05, 4.69) is 41.6 Å². The fourth-order valence-corrected chi connectivity index (χ4v) is 2.92. The highest BCUT2D eigenvalue weighted by atomic mass is 16.5. The number of hydrogen-bond donors (Lipinski definition) is 2. The molecule has 6 heteroatoms. The van der Waals surface area contributed by atoms with Crippen LogP contribution in [0.25, 0.3) is 0 Å². The van der Waals surface area contributed by atoms with Gasteiger partial charge in [0.25, 0.3) is 0 Å². The van der Waals surface area contributed by atoms with Gasteiger partial charge in [-0.3, -0.25) is 4.99 Å². The largest absolute Gasteiger partial charge is 0.493 e. The molecule has 1 fully saturated rings. The number of hydrogen-bond acceptors (Lipinski definition) is 4. The summed E-state index contributed by atoms with van der Waals surface area (Å²) >= 11 is 0. The molecule has 0 saturated carbocycles. The van der Waals surface area contributed by atoms with Crippen LogP contribution in [0.5, 0.6) is 5.75 Å². The number of guanidine groups is 1. The van der Waals surface area contributed by atoms with Crippen LogP contribution in [-0.4, -0.2) is 52.6 Å². The van der Waals surface area contributed by atoms with Crippen LogP contribution in [0.2, 0.25) is 0 Å². The van der Waals surface area contributed by atoms with Crippen LogP contribution in [0.15, 0.2) is 29.3 Å². The lowest BCUT2D eigenvalue weighted by atomic mass is 10.0. The van der Waals surface area contributed by atoms with Crippen molar-refractivity contribution in [1.82, 2.24) is 10.6 Å². The minimum absolute atomic E-state index is 0.531. The first-order chi connectivity index (χ1) is 13.7. The Balaban J connectivity index is 1.55. The molecule has 0 unspecified atom stereocenters. The summed E-state index contributed by atoms with van der Waals surface area (Å²) in [6, 6.07) is 8.21. The van der Waals surface area contributed by atoms with E-state index >= 15 is 0 Å². The predicted molar refractivity (Wildman–Crippen MR) is 114 cm³/mol. The molecule has 158 valence electrons. The highest BCUT2D eigenvalue weighted by molar-refractivity contribution is 5.79. The monoisotopic (exact) mass is 391 g/mol. The van der Waals surface area contributed by atoms with Crippen molar-refractivity contribution < 1.29 is 14.2 Å². The molecule has 0 spiro atoms. The second kappa shape index (κ2) is 13.4. The number of aliphatic imine (C=N–C) groups is 1. The van der Waals surface area contributed by atoms with E-state index in [-0.39, 0.29) is 0 Å². The molecule has 0 bridgehead atoms. The zero-order valence-electron chi connectivity index (χ0n) is 17.7. The highest BCUT2D eigenvalue weighted by Crippen LogP contribution is 2.15. The summed E-state index contributed by atoms with van der Waals surface area (Å²) in [6.07, 6.45) is 3.21. The smallest absolute Gasteiger partial charge is 0.191 e. The fourth-order valence-electron chi connectivity index (χ4n) is 2.92. The normalized spacial score (nSPS) is 15.6. The van der Waals surface area contributed by atoms with Gasteiger partial charge in [0.15, 0.2) is 5.96 Å². The lowest BCUT2D eigenvalue weighted by molar-refractivity contribution is 0.0203. The quantitative estimate of drug-likeness (QED) is 0.344. The molecule has 28 heavy (non-hydrogen) atoms. The van der Waals surface area contributed by atoms with Gasteiger partial charge in [0.1, 0.15) is 5.75 Å². The zero-order chi connectivity index (χ0) is 20.0. The predicted octanol–water partition coefficient (Wildman–Crippen LogP) is 3.22. The minimum Gasteiger partial charge on any atom is -0.493 e. The molecule has 1 aromatic rings. The number of rotatable bonds is 11. The Labute approximate surface area is 170 Å². The van der Waals surface area contributed by atoms with Gasteiger partial charge in [0.2, 0.25) is 0 Å². The van der Waals surface area contributed by atoms with Gasteiger partial charge >= 0.3 is 0 Å². The standard InChI is InChI=1S/C22H37N3O3/c1-18(2)16-28-21-7-5-19(6-8-21)15-25-22(23-3)24-11-4-12-27-17-20-9-13-26-14-10-20/h5-8,18,20H,4,9-17H2,1-3H3,(H2,23,24,25). The summed E-state index contributed by atoms with van der Waals surface area (Å²) in [5.41, 5.74) is 1.19. The van der Waals surface area contributed by atoms with Crippen molar-refractivity contribution in [3.63, 3.8) is 0 Å². The summed E-state index contributed by atoms with van der Waals surface area (Å²) in [5.74, 6) is 2.92. The molecule has 0 amide bonds. The average Bonchev–Trinajstić information content (AvgIpc) is 2.72. The lowest BCUT2D eigenvalue weighted by Gasteiger charge is -2.21. The van der Waals surface area contributed by atoms with E-state index < -0.39 is 0 Å². The SMILES string of the molecule is CN=C(NCCCOCC1CCOCC1)NCc1ccc(OCC(C)C)cc1. The molecule has 1 aromatic carbocycles. The van der Waals surface area contributed by atoms with Crippen molar-refractivity contribution in [3.05, 3.63) is 29.8 Å². The average molecular weight is 392 g/mol. The van der Waals surface area contributed by atoms with Gasteiger partial charge in [-0.15, -0.1) is 0 Å². The second-order valence-electron chi connectivity index (χ2n) is 7.69. The lowest BCUT2D eigenvalue weighted by Crippen LogP contribution is -2.37. The third-order valence-corrected chi connectivity index (χ3v) is 4.64. The maximum atomic E-state index is 5.80. The van der Waals surface area contributed by atoms with Gasteiger partial charge < -0.3 is 24.8 Å². The summed E-state index contributed by atoms with van der Waals surface area (Å²) in [4.78, 5) is 4.28. The second-order valence-corrected chi connectivity index (χ2v) is 7.69. The van der Waals surface area contributed by atoms with Crippen LogP contribution in [0.1, 0.15) is 38.7 Å². The third-order valence-electron chi connectivity index (χ3n) is 4.64. The summed E-state index contributed by atoms with van der Waals surface area (Å²) in [6.45, 7) is 10.0. The van der Waals surface area contributed by atoms with Crippen LogP contribution in [-0.2, 0) is 16.0 Å². The molecule has 0 aliphatic carbocycles. The van der Waals surface area contributed by atoms with E-state index in [1.165, 1.54) is 5.56 Å². The molecule has 0 aromatic heterocycles. The van der Waals surface area contributed by atoms with Crippen LogP contribution < -0.4 is 15.4 Å². The van der Waals surface area contributed by atoms with Gasteiger partial charge in [-0.05, 0) is 48.8 Å². The zero-order valence-corrected chi connectivity index (χ0v) is 17.7. The van der Waals surface area contributed by atoms with E-state index in [9.17, 15) is 0 Å². The van der Waals surface area contributed by atoms with Crippen molar-refractivity contribution >= 4 is 5.96 Å². The molecule has 6 nitrogen and oxygen atoms in total. The van der Waals surface area contributed by atoms with Gasteiger partial charge in [0, 0.05) is 46.6 Å². The van der Waals surface area contributed by atoms with Crippen molar-refractivity contribution in [2.24, 2.45) is 16.8 Å². The Bertz CT molecular complexity index is 555. The topological polar surface area (TPSA) is 64.1 Å². The number of ether oxygens (including phenoxy) is 3. The van der Waals surface area contributed by atoms with Crippen molar-refractivity contribution in [2.75, 3.05) is 46.6 Å². The van der Waals surface area contributed by atoms with Crippen molar-refractivity contribution in [3.8, 4) is 5.75 Å². The molecule has 1 aliphatic rings. The first-order valence-corrected chi connectivity index (χ1v) is 10.5. The van der Waals surface area contributed by atoms with E-state index in [0.717, 1.165) is 77.1 Å². The maximum absolute atomic E-state index is 5.80. The molecule has 1 saturated heterocycles. The van der Waals surface area contributed by atoms with E-state index in [1.807, 2.05) is 12.1 Å². The molecule has 0 radical (unpaired) electrons. The molecular weight excluding hydrogens is 354 g/mol. The van der Waals surface area contributed by atoms with Crippen LogP contribution in [0, 0.1) is 11.8 Å². The first-order valence-electron chi connectivity index (χ1n) is 10.5. The molecule has 1 aliphatic heterocycles. The van der Waals surface area contributed by atoms with Crippen LogP contribution >= 0.6 is 0 Å². The Morgan fingerprint density at radius 3 is 2.61 bits per heavy atom. The Morgan fingerprint density at radius 1 is 1.18 bits per heavy atom. The molecular formula is C22H37N3O3. The van der Waals surface area contributed by atoms with Crippen molar-refractivity contribution in [1.29, 1.82) is 0 Å². The molecule has 2 rings (SSSR count). The Kier molecular flexibility index (Phi) is 10.8. The number of nitrogens with one attached hydrogen (secondary N) is 2. The van der Waals surface area contributed by atoms with Gasteiger partial charge in [-0.25, -0.2) is 0 Å². The van der Waals surface area contributed by atoms with Gasteiger partial charge in [-0.2, -0.15) is 0 Å². The van der Waals surface area contributed by atoms with Gasteiger partial charge in [0.05, 0.1) is 6.61 Å². The van der Waals surface area contributed by atoms with E-state index in [0.29, 0.717) is 11.8 Å². The number of nitrogens with zero attached hydrogens (tertiary/aromatic N) is 1. The number of benzene rings is 1. The summed E-state index contributed by atoms with van der Waals surface area (Å²) in [5, 5.41) is 6.68. The molecule has 2 N–H and O–H groups in total. The fraction of sp³-hybridized carbons (Fsp3) is 0.682. The first kappa shape index (κ1) is 22.5. The van der Waals surface area contributed by atoms with Gasteiger partial charge in [-0.1, -0.05) is 26.0 Å². The minimum atomic E-state index is 0.531. The highest BCUT2D eigenvalue weighted by Gasteiger charge is 2.13. The molecule has 1 heterocycles. The van der Waals surface area contributed by atoms with Crippen LogP contribution in [0.3, 0.4) is 0 Å². The van der Waals surface area contributed by atoms with Crippen molar-refractivity contribution in [2.45, 2.75) is 39.7 Å². The van der Waals surface area contributed by atoms with E-state index in [1.54, 1.807) is 7.05 Å². The summed E-state index contributed by atoms with van der Waals surface area (Å²) < 4.78 is 16.9. The summed E-state index contributed by atoms with van der Waals surface area (Å²) in [7, 11) is 1.79. The Hall–Kier alpha value is -1.79. The maximum Gasteiger partial charge on any atom is 0.191 e. The van der Waals surface area contributed by atoms with E-state index in [4.69, 9.17) is 14.2 Å². The molecule has 0 atom stereocenters.